The molecule has 2 aromatic rings. The molecule has 11 heteroatoms. The first-order valence-corrected chi connectivity index (χ1v) is 12.1. The number of hydrogen-bond acceptors (Lipinski definition) is 8. The van der Waals surface area contributed by atoms with E-state index in [1.54, 1.807) is 69.3 Å². The molecule has 1 N–H and O–H groups in total. The smallest absolute Gasteiger partial charge is 0.344 e. The average Bonchev–Trinajstić information content (AvgIpc) is 2.75. The first-order chi connectivity index (χ1) is 15.9. The highest BCUT2D eigenvalue weighted by Crippen LogP contribution is 2.29. The predicted molar refractivity (Wildman–Crippen MR) is 129 cm³/mol. The number of para-hydroxylation sites is 2. The number of anilines is 1. The van der Waals surface area contributed by atoms with Crippen LogP contribution in [0.25, 0.3) is 0 Å². The molecule has 2 rings (SSSR count). The van der Waals surface area contributed by atoms with Gasteiger partial charge in [-0.1, -0.05) is 12.1 Å². The van der Waals surface area contributed by atoms with E-state index >= 15 is 0 Å². The number of methoxy groups -OCH3 is 1. The minimum absolute atomic E-state index is 0.218. The minimum Gasteiger partial charge on any atom is -0.495 e. The van der Waals surface area contributed by atoms with Crippen molar-refractivity contribution >= 4 is 33.8 Å². The van der Waals surface area contributed by atoms with Crippen LogP contribution in [0.4, 0.5) is 5.69 Å². The molecule has 1 amide bonds. The lowest BCUT2D eigenvalue weighted by atomic mass is 10.2. The number of benzene rings is 2. The molecule has 0 aliphatic heterocycles. The van der Waals surface area contributed by atoms with Crippen LogP contribution in [0.2, 0.25) is 0 Å². The van der Waals surface area contributed by atoms with Crippen LogP contribution in [0.1, 0.15) is 26.3 Å². The van der Waals surface area contributed by atoms with Crippen molar-refractivity contribution in [3.05, 3.63) is 54.1 Å². The van der Waals surface area contributed by atoms with Crippen LogP contribution in [-0.2, 0) is 24.3 Å². The van der Waals surface area contributed by atoms with E-state index in [4.69, 9.17) is 14.2 Å². The molecule has 0 saturated carbocycles. The van der Waals surface area contributed by atoms with Crippen LogP contribution in [0.5, 0.6) is 11.5 Å². The summed E-state index contributed by atoms with van der Waals surface area (Å²) in [6.45, 7) is 4.62. The molecular weight excluding hydrogens is 462 g/mol. The van der Waals surface area contributed by atoms with Crippen LogP contribution < -0.4 is 19.2 Å². The fourth-order valence-corrected chi connectivity index (χ4v) is 3.58. The Kier molecular flexibility index (Phi) is 9.02. The van der Waals surface area contributed by atoms with Crippen LogP contribution in [0.15, 0.2) is 53.6 Å². The number of carbonyl (C=O) groups is 2. The van der Waals surface area contributed by atoms with E-state index in [1.165, 1.54) is 13.3 Å². The van der Waals surface area contributed by atoms with Gasteiger partial charge in [-0.05, 0) is 62.7 Å². The van der Waals surface area contributed by atoms with Gasteiger partial charge in [0.2, 0.25) is 10.0 Å². The van der Waals surface area contributed by atoms with Gasteiger partial charge < -0.3 is 14.2 Å². The van der Waals surface area contributed by atoms with Gasteiger partial charge in [0.15, 0.2) is 6.61 Å². The zero-order chi connectivity index (χ0) is 25.4. The van der Waals surface area contributed by atoms with Crippen molar-refractivity contribution < 1.29 is 32.2 Å². The summed E-state index contributed by atoms with van der Waals surface area (Å²) in [5.74, 6) is -0.326. The number of nitrogens with zero attached hydrogens (tertiary/aromatic N) is 2. The van der Waals surface area contributed by atoms with Gasteiger partial charge >= 0.3 is 5.97 Å². The summed E-state index contributed by atoms with van der Waals surface area (Å²) >= 11 is 0. The first kappa shape index (κ1) is 26.7. The second kappa shape index (κ2) is 11.5. The minimum atomic E-state index is -3.76. The van der Waals surface area contributed by atoms with Gasteiger partial charge in [-0.3, -0.25) is 9.10 Å². The van der Waals surface area contributed by atoms with E-state index in [-0.39, 0.29) is 12.3 Å². The Labute approximate surface area is 199 Å². The lowest BCUT2D eigenvalue weighted by Crippen LogP contribution is -2.39. The lowest BCUT2D eigenvalue weighted by molar-refractivity contribution is -0.157. The second-order valence-electron chi connectivity index (χ2n) is 8.18. The maximum absolute atomic E-state index is 12.3. The third kappa shape index (κ3) is 8.74. The van der Waals surface area contributed by atoms with Crippen molar-refractivity contribution in [2.75, 3.05) is 30.8 Å². The first-order valence-electron chi connectivity index (χ1n) is 10.3. The van der Waals surface area contributed by atoms with Crippen LogP contribution in [0, 0.1) is 0 Å². The summed E-state index contributed by atoms with van der Waals surface area (Å²) in [5.41, 5.74) is 2.61. The van der Waals surface area contributed by atoms with Crippen LogP contribution in [-0.4, -0.2) is 58.6 Å². The van der Waals surface area contributed by atoms with Crippen molar-refractivity contribution in [1.29, 1.82) is 0 Å². The van der Waals surface area contributed by atoms with E-state index in [0.29, 0.717) is 17.1 Å². The Hall–Kier alpha value is -3.60. The fraction of sp³-hybridized carbons (Fsp3) is 0.348. The summed E-state index contributed by atoms with van der Waals surface area (Å²) < 4.78 is 41.2. The standard InChI is InChI=1S/C23H29N3O7S/c1-23(2,3)33-22(28)16-32-18-12-10-17(11-13-18)14-24-25-21(27)15-26(34(5,29)30)19-8-6-7-9-20(19)31-4/h6-14H,15-16H2,1-5H3,(H,25,27)/b24-14+. The highest BCUT2D eigenvalue weighted by atomic mass is 32.2. The molecule has 0 aliphatic carbocycles. The zero-order valence-electron chi connectivity index (χ0n) is 19.8. The zero-order valence-corrected chi connectivity index (χ0v) is 20.6. The molecule has 0 heterocycles. The monoisotopic (exact) mass is 491 g/mol. The molecule has 0 fully saturated rings. The number of sulfonamides is 1. The lowest BCUT2D eigenvalue weighted by Gasteiger charge is -2.23. The van der Waals surface area contributed by atoms with E-state index in [9.17, 15) is 18.0 Å². The van der Waals surface area contributed by atoms with Crippen molar-refractivity contribution in [2.24, 2.45) is 5.10 Å². The third-order valence-corrected chi connectivity index (χ3v) is 5.23. The number of rotatable bonds is 10. The van der Waals surface area contributed by atoms with E-state index in [1.807, 2.05) is 0 Å². The van der Waals surface area contributed by atoms with Gasteiger partial charge in [-0.2, -0.15) is 5.10 Å². The Balaban J connectivity index is 1.94. The van der Waals surface area contributed by atoms with Gasteiger partial charge in [-0.15, -0.1) is 0 Å². The van der Waals surface area contributed by atoms with Gasteiger partial charge in [0.05, 0.1) is 25.3 Å². The van der Waals surface area contributed by atoms with Gasteiger partial charge in [0.25, 0.3) is 5.91 Å². The fourth-order valence-electron chi connectivity index (χ4n) is 2.72. The van der Waals surface area contributed by atoms with E-state index in [2.05, 4.69) is 10.5 Å². The van der Waals surface area contributed by atoms with Crippen LogP contribution >= 0.6 is 0 Å². The van der Waals surface area contributed by atoms with Crippen molar-refractivity contribution in [3.63, 3.8) is 0 Å². The Morgan fingerprint density at radius 2 is 1.74 bits per heavy atom. The number of carbonyl (C=O) groups excluding carboxylic acids is 2. The number of esters is 1. The maximum Gasteiger partial charge on any atom is 0.344 e. The summed E-state index contributed by atoms with van der Waals surface area (Å²) in [5, 5.41) is 3.86. The molecular formula is C23H29N3O7S. The molecule has 0 spiro atoms. The SMILES string of the molecule is COc1ccccc1N(CC(=O)N/N=C/c1ccc(OCC(=O)OC(C)(C)C)cc1)S(C)(=O)=O. The third-order valence-electron chi connectivity index (χ3n) is 4.10. The number of amides is 1. The Morgan fingerprint density at radius 1 is 1.09 bits per heavy atom. The summed E-state index contributed by atoms with van der Waals surface area (Å²) in [6.07, 6.45) is 2.39. The van der Waals surface area contributed by atoms with E-state index < -0.39 is 34.0 Å². The molecule has 184 valence electrons. The van der Waals surface area contributed by atoms with Crippen molar-refractivity contribution in [2.45, 2.75) is 26.4 Å². The summed E-state index contributed by atoms with van der Waals surface area (Å²) in [7, 11) is -2.34. The maximum atomic E-state index is 12.3. The number of hydrogen-bond donors (Lipinski definition) is 1. The highest BCUT2D eigenvalue weighted by molar-refractivity contribution is 7.92. The molecule has 2 aromatic carbocycles. The second-order valence-corrected chi connectivity index (χ2v) is 10.1. The van der Waals surface area contributed by atoms with Gasteiger partial charge in [0, 0.05) is 0 Å². The molecule has 0 aromatic heterocycles. The van der Waals surface area contributed by atoms with Gasteiger partial charge in [0.1, 0.15) is 23.6 Å². The van der Waals surface area contributed by atoms with Crippen molar-refractivity contribution in [3.8, 4) is 11.5 Å². The molecule has 0 bridgehead atoms. The Bertz CT molecular complexity index is 1120. The number of nitrogens with one attached hydrogen (secondary N) is 1. The van der Waals surface area contributed by atoms with Crippen LogP contribution in [0.3, 0.4) is 0 Å². The Morgan fingerprint density at radius 3 is 2.32 bits per heavy atom. The molecule has 34 heavy (non-hydrogen) atoms. The van der Waals surface area contributed by atoms with Gasteiger partial charge in [-0.25, -0.2) is 18.6 Å². The topological polar surface area (TPSA) is 124 Å². The largest absolute Gasteiger partial charge is 0.495 e. The molecule has 0 atom stereocenters. The number of ether oxygens (including phenoxy) is 3. The molecule has 0 aliphatic rings. The number of hydrazone groups is 1. The quantitative estimate of drug-likeness (QED) is 0.307. The average molecular weight is 492 g/mol. The summed E-state index contributed by atoms with van der Waals surface area (Å²) in [4.78, 5) is 24.0. The van der Waals surface area contributed by atoms with E-state index in [0.717, 1.165) is 10.6 Å². The molecule has 0 unspecified atom stereocenters. The summed E-state index contributed by atoms with van der Waals surface area (Å²) in [6, 6.07) is 13.1. The predicted octanol–water partition coefficient (Wildman–Crippen LogP) is 2.33. The molecule has 0 saturated heterocycles. The normalized spacial score (nSPS) is 11.7. The molecule has 10 nitrogen and oxygen atoms in total. The highest BCUT2D eigenvalue weighted by Gasteiger charge is 2.23. The van der Waals surface area contributed by atoms with Crippen molar-refractivity contribution in [1.82, 2.24) is 5.43 Å². The molecule has 0 radical (unpaired) electrons.